The molecule has 0 amide bonds. The predicted octanol–water partition coefficient (Wildman–Crippen LogP) is 4.96. The quantitative estimate of drug-likeness (QED) is 0.784. The Morgan fingerprint density at radius 2 is 1.39 bits per heavy atom. The molecule has 23 heavy (non-hydrogen) atoms. The maximum absolute atomic E-state index is 9.57. The van der Waals surface area contributed by atoms with E-state index in [0.29, 0.717) is 0 Å². The molecule has 1 aliphatic carbocycles. The van der Waals surface area contributed by atoms with Crippen LogP contribution in [0.5, 0.6) is 11.5 Å². The average molecular weight is 302 g/mol. The minimum atomic E-state index is 0.247. The fourth-order valence-electron chi connectivity index (χ4n) is 2.79. The van der Waals surface area contributed by atoms with Crippen molar-refractivity contribution in [2.24, 2.45) is 0 Å². The molecule has 2 aromatic carbocycles. The van der Waals surface area contributed by atoms with E-state index in [1.165, 1.54) is 5.57 Å². The van der Waals surface area contributed by atoms with E-state index in [1.807, 2.05) is 36.4 Å². The van der Waals surface area contributed by atoms with Crippen LogP contribution in [-0.2, 0) is 0 Å². The summed E-state index contributed by atoms with van der Waals surface area (Å²) in [5.74, 6) is 0.494. The number of allylic oxidation sites excluding steroid dienone is 4. The van der Waals surface area contributed by atoms with Gasteiger partial charge >= 0.3 is 0 Å². The molecule has 114 valence electrons. The molecule has 0 fully saturated rings. The summed E-state index contributed by atoms with van der Waals surface area (Å²) in [4.78, 5) is 0. The zero-order chi connectivity index (χ0) is 16.2. The van der Waals surface area contributed by atoms with E-state index in [1.54, 1.807) is 24.3 Å². The van der Waals surface area contributed by atoms with E-state index in [-0.39, 0.29) is 11.5 Å². The van der Waals surface area contributed by atoms with Crippen molar-refractivity contribution >= 4 is 5.57 Å². The molecule has 0 saturated carbocycles. The van der Waals surface area contributed by atoms with Crippen LogP contribution in [0, 0.1) is 0 Å². The Bertz CT molecular complexity index is 781. The first kappa shape index (κ1) is 15.0. The maximum atomic E-state index is 9.57. The van der Waals surface area contributed by atoms with Crippen molar-refractivity contribution in [2.45, 2.75) is 13.3 Å². The summed E-state index contributed by atoms with van der Waals surface area (Å²) in [5.41, 5.74) is 8.68. The zero-order valence-corrected chi connectivity index (χ0v) is 13.0. The van der Waals surface area contributed by atoms with E-state index in [4.69, 9.17) is 0 Å². The van der Waals surface area contributed by atoms with Crippen LogP contribution in [-0.4, -0.2) is 10.2 Å². The minimum absolute atomic E-state index is 0.247. The van der Waals surface area contributed by atoms with Crippen molar-refractivity contribution in [3.8, 4) is 11.5 Å². The van der Waals surface area contributed by atoms with Crippen molar-refractivity contribution in [1.82, 2.24) is 0 Å². The molecule has 0 bridgehead atoms. The molecule has 2 nitrogen and oxygen atoms in total. The van der Waals surface area contributed by atoms with Gasteiger partial charge in [-0.25, -0.2) is 0 Å². The second-order valence-electron chi connectivity index (χ2n) is 5.38. The summed E-state index contributed by atoms with van der Waals surface area (Å²) in [7, 11) is 0. The molecule has 0 aliphatic heterocycles. The lowest BCUT2D eigenvalue weighted by atomic mass is 9.88. The second kappa shape index (κ2) is 6.43. The van der Waals surface area contributed by atoms with Gasteiger partial charge in [0.1, 0.15) is 11.5 Å². The van der Waals surface area contributed by atoms with Gasteiger partial charge in [0.25, 0.3) is 0 Å². The van der Waals surface area contributed by atoms with Gasteiger partial charge in [0.15, 0.2) is 0 Å². The van der Waals surface area contributed by atoms with Gasteiger partial charge in [0, 0.05) is 5.57 Å². The molecule has 2 aromatic rings. The molecule has 0 atom stereocenters. The highest BCUT2D eigenvalue weighted by atomic mass is 16.3. The normalized spacial score (nSPS) is 12.3. The molecule has 3 rings (SSSR count). The van der Waals surface area contributed by atoms with E-state index in [2.05, 4.69) is 18.7 Å². The van der Waals surface area contributed by atoms with Gasteiger partial charge in [0.2, 0.25) is 0 Å². The van der Waals surface area contributed by atoms with Crippen molar-refractivity contribution in [1.29, 1.82) is 0 Å². The Balaban J connectivity index is 2.24. The second-order valence-corrected chi connectivity index (χ2v) is 5.38. The van der Waals surface area contributed by atoms with Crippen molar-refractivity contribution in [2.75, 3.05) is 0 Å². The molecule has 0 heterocycles. The Hall–Kier alpha value is -2.96. The Kier molecular flexibility index (Phi) is 4.18. The van der Waals surface area contributed by atoms with Crippen molar-refractivity contribution in [3.05, 3.63) is 94.8 Å². The molecule has 2 heteroatoms. The van der Waals surface area contributed by atoms with Gasteiger partial charge < -0.3 is 10.2 Å². The monoisotopic (exact) mass is 302 g/mol. The van der Waals surface area contributed by atoms with E-state index >= 15 is 0 Å². The SMILES string of the molecule is CCC(C1=C=CC=C1)=C(c1ccc(O)cc1)c1ccc(O)cc1. The largest absolute Gasteiger partial charge is 0.508 e. The summed E-state index contributed by atoms with van der Waals surface area (Å²) in [6, 6.07) is 14.4. The number of hydrogen-bond donors (Lipinski definition) is 2. The van der Waals surface area contributed by atoms with Crippen LogP contribution in [0.1, 0.15) is 24.5 Å². The Morgan fingerprint density at radius 3 is 1.78 bits per heavy atom. The first-order valence-electron chi connectivity index (χ1n) is 7.64. The van der Waals surface area contributed by atoms with Crippen LogP contribution < -0.4 is 0 Å². The first-order valence-corrected chi connectivity index (χ1v) is 7.64. The average Bonchev–Trinajstić information content (AvgIpc) is 3.09. The van der Waals surface area contributed by atoms with Gasteiger partial charge in [-0.15, -0.1) is 5.73 Å². The van der Waals surface area contributed by atoms with Crippen LogP contribution in [0.3, 0.4) is 0 Å². The third-order valence-electron chi connectivity index (χ3n) is 3.89. The summed E-state index contributed by atoms with van der Waals surface area (Å²) >= 11 is 0. The maximum Gasteiger partial charge on any atom is 0.115 e. The van der Waals surface area contributed by atoms with Gasteiger partial charge in [-0.3, -0.25) is 0 Å². The smallest absolute Gasteiger partial charge is 0.115 e. The number of phenols is 2. The lowest BCUT2D eigenvalue weighted by molar-refractivity contribution is 0.475. The molecule has 1 aliphatic rings. The fourth-order valence-corrected chi connectivity index (χ4v) is 2.79. The van der Waals surface area contributed by atoms with Crippen LogP contribution in [0.4, 0.5) is 0 Å². The highest BCUT2D eigenvalue weighted by Gasteiger charge is 2.14. The van der Waals surface area contributed by atoms with E-state index in [0.717, 1.165) is 28.7 Å². The standard InChI is InChI=1S/C21H18O2/c1-2-20(15-5-3-4-6-15)21(16-7-11-18(22)12-8-16)17-9-13-19(23)14-10-17/h3-5,7-14,22-23H,2H2,1H3. The Labute approximate surface area is 136 Å². The number of rotatable bonds is 4. The fraction of sp³-hybridized carbons (Fsp3) is 0.0952. The van der Waals surface area contributed by atoms with Gasteiger partial charge in [-0.05, 0) is 65.1 Å². The molecule has 0 aromatic heterocycles. The first-order chi connectivity index (χ1) is 11.2. The molecular weight excluding hydrogens is 284 g/mol. The minimum Gasteiger partial charge on any atom is -0.508 e. The molecule has 0 radical (unpaired) electrons. The van der Waals surface area contributed by atoms with Crippen molar-refractivity contribution < 1.29 is 10.2 Å². The molecule has 0 saturated heterocycles. The highest BCUT2D eigenvalue weighted by Crippen LogP contribution is 2.34. The zero-order valence-electron chi connectivity index (χ0n) is 13.0. The van der Waals surface area contributed by atoms with Crippen molar-refractivity contribution in [3.63, 3.8) is 0 Å². The molecule has 2 N–H and O–H groups in total. The lowest BCUT2D eigenvalue weighted by Gasteiger charge is -2.15. The topological polar surface area (TPSA) is 40.5 Å². The van der Waals surface area contributed by atoms with Crippen LogP contribution in [0.15, 0.2) is 83.6 Å². The van der Waals surface area contributed by atoms with Crippen LogP contribution in [0.25, 0.3) is 5.57 Å². The van der Waals surface area contributed by atoms with Gasteiger partial charge in [-0.1, -0.05) is 37.3 Å². The van der Waals surface area contributed by atoms with Crippen LogP contribution in [0.2, 0.25) is 0 Å². The van der Waals surface area contributed by atoms with Gasteiger partial charge in [0.05, 0.1) is 0 Å². The summed E-state index contributed by atoms with van der Waals surface area (Å²) in [5, 5.41) is 19.1. The summed E-state index contributed by atoms with van der Waals surface area (Å²) in [6.45, 7) is 2.12. The number of benzene rings is 2. The number of hydrogen-bond acceptors (Lipinski definition) is 2. The Morgan fingerprint density at radius 1 is 0.870 bits per heavy atom. The molecule has 0 unspecified atom stereocenters. The van der Waals surface area contributed by atoms with Gasteiger partial charge in [-0.2, -0.15) is 0 Å². The molecular formula is C21H18O2. The molecule has 0 spiro atoms. The van der Waals surface area contributed by atoms with E-state index in [9.17, 15) is 10.2 Å². The third-order valence-corrected chi connectivity index (χ3v) is 3.89. The van der Waals surface area contributed by atoms with E-state index < -0.39 is 0 Å². The summed E-state index contributed by atoms with van der Waals surface area (Å²) in [6.07, 6.45) is 6.81. The predicted molar refractivity (Wildman–Crippen MR) is 93.3 cm³/mol. The van der Waals surface area contributed by atoms with Crippen LogP contribution >= 0.6 is 0 Å². The highest BCUT2D eigenvalue weighted by molar-refractivity contribution is 5.85. The summed E-state index contributed by atoms with van der Waals surface area (Å²) < 4.78 is 0. The third kappa shape index (κ3) is 3.13. The number of aromatic hydroxyl groups is 2. The number of phenolic OH excluding ortho intramolecular Hbond substituents is 2. The lowest BCUT2D eigenvalue weighted by Crippen LogP contribution is -1.96.